The van der Waals surface area contributed by atoms with E-state index in [0.717, 1.165) is 29.2 Å². The van der Waals surface area contributed by atoms with Crippen LogP contribution in [0.4, 0.5) is 0 Å². The SMILES string of the molecule is CCC(O)Cc1cccc2ccccc12.O=C(Cl)Cc1cccc2ccccc12. The maximum Gasteiger partial charge on any atom is 0.226 e. The van der Waals surface area contributed by atoms with Crippen LogP contribution in [0.3, 0.4) is 0 Å². The number of aliphatic hydroxyl groups excluding tert-OH is 1. The molecule has 0 aliphatic heterocycles. The maximum atomic E-state index is 10.8. The van der Waals surface area contributed by atoms with Gasteiger partial charge in [0.15, 0.2) is 0 Å². The first kappa shape index (κ1) is 21.0. The third kappa shape index (κ3) is 5.66. The molecule has 0 heterocycles. The van der Waals surface area contributed by atoms with Crippen molar-refractivity contribution in [3.63, 3.8) is 0 Å². The summed E-state index contributed by atoms with van der Waals surface area (Å²) >= 11 is 5.37. The van der Waals surface area contributed by atoms with Crippen LogP contribution in [-0.4, -0.2) is 16.5 Å². The lowest BCUT2D eigenvalue weighted by molar-refractivity contribution is -0.111. The van der Waals surface area contributed by atoms with E-state index >= 15 is 0 Å². The molecule has 0 aromatic heterocycles. The van der Waals surface area contributed by atoms with Crippen LogP contribution in [0.25, 0.3) is 21.5 Å². The van der Waals surface area contributed by atoms with Crippen molar-refractivity contribution >= 4 is 38.4 Å². The Morgan fingerprint density at radius 1 is 0.793 bits per heavy atom. The van der Waals surface area contributed by atoms with Crippen LogP contribution >= 0.6 is 11.6 Å². The molecule has 0 amide bonds. The highest BCUT2D eigenvalue weighted by molar-refractivity contribution is 6.63. The summed E-state index contributed by atoms with van der Waals surface area (Å²) < 4.78 is 0. The first-order chi connectivity index (χ1) is 14.1. The predicted molar refractivity (Wildman–Crippen MR) is 122 cm³/mol. The molecule has 0 saturated carbocycles. The standard InChI is InChI=1S/C14H16O.C12H9ClO/c1-2-13(15)10-12-8-5-7-11-6-3-4-9-14(11)12;13-12(14)8-10-6-3-5-9-4-1-2-7-11(9)10/h3-9,13,15H,2,10H2,1H3;1-7H,8H2. The number of fused-ring (bicyclic) bond motifs is 2. The van der Waals surface area contributed by atoms with E-state index in [1.54, 1.807) is 0 Å². The lowest BCUT2D eigenvalue weighted by atomic mass is 9.99. The van der Waals surface area contributed by atoms with Gasteiger partial charge >= 0.3 is 0 Å². The highest BCUT2D eigenvalue weighted by Crippen LogP contribution is 2.20. The van der Waals surface area contributed by atoms with Gasteiger partial charge in [0.05, 0.1) is 6.10 Å². The Labute approximate surface area is 176 Å². The first-order valence-corrected chi connectivity index (χ1v) is 10.3. The van der Waals surface area contributed by atoms with Crippen molar-refractivity contribution in [2.45, 2.75) is 32.3 Å². The molecular formula is C26H25ClO2. The Morgan fingerprint density at radius 2 is 1.28 bits per heavy atom. The third-order valence-corrected chi connectivity index (χ3v) is 5.15. The molecule has 4 rings (SSSR count). The fourth-order valence-corrected chi connectivity index (χ4v) is 3.61. The maximum absolute atomic E-state index is 10.8. The van der Waals surface area contributed by atoms with Gasteiger partial charge in [0.2, 0.25) is 5.24 Å². The van der Waals surface area contributed by atoms with Crippen LogP contribution in [0, 0.1) is 0 Å². The molecule has 1 unspecified atom stereocenters. The number of halogens is 1. The fourth-order valence-electron chi connectivity index (χ4n) is 3.47. The predicted octanol–water partition coefficient (Wildman–Crippen LogP) is 6.30. The number of benzene rings is 4. The quantitative estimate of drug-likeness (QED) is 0.396. The molecule has 29 heavy (non-hydrogen) atoms. The Bertz CT molecular complexity index is 1090. The van der Waals surface area contributed by atoms with Crippen LogP contribution < -0.4 is 0 Å². The zero-order valence-electron chi connectivity index (χ0n) is 16.5. The number of carbonyl (C=O) groups excluding carboxylic acids is 1. The molecular weight excluding hydrogens is 380 g/mol. The number of carbonyl (C=O) groups is 1. The summed E-state index contributed by atoms with van der Waals surface area (Å²) in [6.45, 7) is 2.01. The van der Waals surface area contributed by atoms with Crippen molar-refractivity contribution in [1.82, 2.24) is 0 Å². The second kappa shape index (κ2) is 10.2. The summed E-state index contributed by atoms with van der Waals surface area (Å²) in [5.74, 6) is 0. The van der Waals surface area contributed by atoms with E-state index in [-0.39, 0.29) is 11.3 Å². The zero-order chi connectivity index (χ0) is 20.6. The molecule has 2 nitrogen and oxygen atoms in total. The Kier molecular flexibility index (Phi) is 7.40. The summed E-state index contributed by atoms with van der Waals surface area (Å²) in [4.78, 5) is 10.8. The van der Waals surface area contributed by atoms with Gasteiger partial charge in [-0.1, -0.05) is 91.9 Å². The first-order valence-electron chi connectivity index (χ1n) is 9.88. The average Bonchev–Trinajstić information content (AvgIpc) is 2.74. The van der Waals surface area contributed by atoms with Gasteiger partial charge < -0.3 is 5.11 Å². The molecule has 1 N–H and O–H groups in total. The molecule has 148 valence electrons. The van der Waals surface area contributed by atoms with E-state index in [0.29, 0.717) is 6.42 Å². The highest BCUT2D eigenvalue weighted by atomic mass is 35.5. The molecule has 1 atom stereocenters. The Morgan fingerprint density at radius 3 is 1.83 bits per heavy atom. The molecule has 0 bridgehead atoms. The van der Waals surface area contributed by atoms with Crippen LogP contribution in [0.15, 0.2) is 84.9 Å². The van der Waals surface area contributed by atoms with Crippen molar-refractivity contribution in [1.29, 1.82) is 0 Å². The topological polar surface area (TPSA) is 37.3 Å². The lowest BCUT2D eigenvalue weighted by Gasteiger charge is -2.10. The van der Waals surface area contributed by atoms with Gasteiger partial charge in [0, 0.05) is 6.42 Å². The largest absolute Gasteiger partial charge is 0.393 e. The van der Waals surface area contributed by atoms with Crippen LogP contribution in [0.2, 0.25) is 0 Å². The van der Waals surface area contributed by atoms with Crippen molar-refractivity contribution in [2.24, 2.45) is 0 Å². The van der Waals surface area contributed by atoms with Gasteiger partial charge in [0.25, 0.3) is 0 Å². The fraction of sp³-hybridized carbons (Fsp3) is 0.192. The van der Waals surface area contributed by atoms with Gasteiger partial charge in [0.1, 0.15) is 0 Å². The van der Waals surface area contributed by atoms with Gasteiger partial charge in [-0.3, -0.25) is 4.79 Å². The van der Waals surface area contributed by atoms with E-state index in [1.807, 2.05) is 61.5 Å². The summed E-state index contributed by atoms with van der Waals surface area (Å²) in [6.07, 6.45) is 1.63. The van der Waals surface area contributed by atoms with E-state index in [1.165, 1.54) is 16.3 Å². The van der Waals surface area contributed by atoms with Crippen molar-refractivity contribution < 1.29 is 9.90 Å². The molecule has 0 aliphatic carbocycles. The second-order valence-electron chi connectivity index (χ2n) is 7.07. The monoisotopic (exact) mass is 404 g/mol. The summed E-state index contributed by atoms with van der Waals surface area (Å²) in [5.41, 5.74) is 2.23. The lowest BCUT2D eigenvalue weighted by Crippen LogP contribution is -2.08. The summed E-state index contributed by atoms with van der Waals surface area (Å²) in [6, 6.07) is 28.5. The van der Waals surface area contributed by atoms with E-state index in [9.17, 15) is 9.90 Å². The molecule has 4 aromatic carbocycles. The minimum atomic E-state index is -0.318. The van der Waals surface area contributed by atoms with Gasteiger partial charge in [-0.05, 0) is 57.1 Å². The molecule has 0 spiro atoms. The van der Waals surface area contributed by atoms with Gasteiger partial charge in [-0.2, -0.15) is 0 Å². The van der Waals surface area contributed by atoms with E-state index < -0.39 is 0 Å². The minimum Gasteiger partial charge on any atom is -0.393 e. The van der Waals surface area contributed by atoms with Crippen molar-refractivity contribution in [3.05, 3.63) is 96.1 Å². The average molecular weight is 405 g/mol. The minimum absolute atomic E-state index is 0.226. The number of aliphatic hydroxyl groups is 1. The molecule has 0 radical (unpaired) electrons. The van der Waals surface area contributed by atoms with Crippen molar-refractivity contribution in [2.75, 3.05) is 0 Å². The summed E-state index contributed by atoms with van der Waals surface area (Å²) in [7, 11) is 0. The molecule has 0 aliphatic rings. The number of hydrogen-bond donors (Lipinski definition) is 1. The normalized spacial score (nSPS) is 11.7. The number of hydrogen-bond acceptors (Lipinski definition) is 2. The van der Waals surface area contributed by atoms with Gasteiger partial charge in [-0.25, -0.2) is 0 Å². The summed E-state index contributed by atoms with van der Waals surface area (Å²) in [5, 5.41) is 14.1. The molecule has 0 saturated heterocycles. The van der Waals surface area contributed by atoms with E-state index in [2.05, 4.69) is 30.3 Å². The zero-order valence-corrected chi connectivity index (χ0v) is 17.3. The van der Waals surface area contributed by atoms with E-state index in [4.69, 9.17) is 11.6 Å². The van der Waals surface area contributed by atoms with Crippen molar-refractivity contribution in [3.8, 4) is 0 Å². The number of rotatable bonds is 5. The third-order valence-electron chi connectivity index (χ3n) is 5.02. The molecule has 0 fully saturated rings. The second-order valence-corrected chi connectivity index (χ2v) is 7.50. The van der Waals surface area contributed by atoms with Crippen LogP contribution in [-0.2, 0) is 17.6 Å². The molecule has 4 aromatic rings. The Hall–Kier alpha value is -2.68. The van der Waals surface area contributed by atoms with Crippen LogP contribution in [0.1, 0.15) is 24.5 Å². The Balaban J connectivity index is 0.000000166. The smallest absolute Gasteiger partial charge is 0.226 e. The van der Waals surface area contributed by atoms with Gasteiger partial charge in [-0.15, -0.1) is 0 Å². The highest BCUT2D eigenvalue weighted by Gasteiger charge is 2.05. The van der Waals surface area contributed by atoms with Crippen LogP contribution in [0.5, 0.6) is 0 Å². The molecule has 3 heteroatoms.